The lowest BCUT2D eigenvalue weighted by Gasteiger charge is -2.10. The standard InChI is InChI=1S/C25H23N3O3S/c1-31-21-13-10-19(11-14-21)16-28-23-5-3-2-4-22(23)26-25(28)32-17-20-8-6-18(7-9-20)12-15-24(29)27-30/h2-15,30H,16-17H2,1H3,(H,27,29)/b15-12+. The summed E-state index contributed by atoms with van der Waals surface area (Å²) in [5, 5.41) is 9.52. The molecule has 0 radical (unpaired) electrons. The van der Waals surface area contributed by atoms with Crippen molar-refractivity contribution in [3.63, 3.8) is 0 Å². The number of fused-ring (bicyclic) bond motifs is 1. The maximum absolute atomic E-state index is 11.1. The van der Waals surface area contributed by atoms with Gasteiger partial charge < -0.3 is 9.30 Å². The number of ether oxygens (including phenoxy) is 1. The number of hydrogen-bond acceptors (Lipinski definition) is 5. The highest BCUT2D eigenvalue weighted by molar-refractivity contribution is 7.98. The van der Waals surface area contributed by atoms with E-state index in [0.29, 0.717) is 0 Å². The third-order valence-corrected chi connectivity index (χ3v) is 6.05. The number of hydroxylamine groups is 1. The van der Waals surface area contributed by atoms with Crippen LogP contribution in [0.5, 0.6) is 5.75 Å². The van der Waals surface area contributed by atoms with E-state index in [1.165, 1.54) is 11.6 Å². The van der Waals surface area contributed by atoms with E-state index in [0.717, 1.165) is 45.4 Å². The molecule has 0 aliphatic rings. The Balaban J connectivity index is 1.52. The van der Waals surface area contributed by atoms with E-state index in [1.807, 2.05) is 54.6 Å². The molecule has 0 unspecified atom stereocenters. The monoisotopic (exact) mass is 445 g/mol. The summed E-state index contributed by atoms with van der Waals surface area (Å²) in [6, 6.07) is 24.2. The molecular formula is C25H23N3O3S. The fraction of sp³-hybridized carbons (Fsp3) is 0.120. The molecule has 0 aliphatic heterocycles. The first-order chi connectivity index (χ1) is 15.7. The summed E-state index contributed by atoms with van der Waals surface area (Å²) in [5.41, 5.74) is 6.88. The van der Waals surface area contributed by atoms with Crippen LogP contribution in [0.1, 0.15) is 16.7 Å². The van der Waals surface area contributed by atoms with Crippen molar-refractivity contribution >= 4 is 34.8 Å². The maximum Gasteiger partial charge on any atom is 0.267 e. The van der Waals surface area contributed by atoms with Gasteiger partial charge in [0.15, 0.2) is 5.16 Å². The smallest absolute Gasteiger partial charge is 0.267 e. The molecule has 4 aromatic rings. The van der Waals surface area contributed by atoms with Crippen LogP contribution in [0, 0.1) is 0 Å². The summed E-state index contributed by atoms with van der Waals surface area (Å²) in [6.45, 7) is 0.726. The van der Waals surface area contributed by atoms with Gasteiger partial charge in [-0.3, -0.25) is 10.0 Å². The van der Waals surface area contributed by atoms with Crippen LogP contribution in [0.3, 0.4) is 0 Å². The van der Waals surface area contributed by atoms with Crippen molar-refractivity contribution in [2.45, 2.75) is 17.5 Å². The predicted octanol–water partition coefficient (Wildman–Crippen LogP) is 4.90. The SMILES string of the molecule is COc1ccc(Cn2c(SCc3ccc(/C=C/C(=O)NO)cc3)nc3ccccc32)cc1. The molecule has 0 saturated carbocycles. The number of thioether (sulfide) groups is 1. The van der Waals surface area contributed by atoms with Gasteiger partial charge in [-0.25, -0.2) is 10.5 Å². The Morgan fingerprint density at radius 1 is 1.06 bits per heavy atom. The van der Waals surface area contributed by atoms with Crippen LogP contribution >= 0.6 is 11.8 Å². The minimum atomic E-state index is -0.555. The Kier molecular flexibility index (Phi) is 6.89. The minimum absolute atomic E-state index is 0.555. The number of nitrogens with one attached hydrogen (secondary N) is 1. The first kappa shape index (κ1) is 21.7. The molecule has 1 heterocycles. The van der Waals surface area contributed by atoms with Crippen LogP contribution in [-0.4, -0.2) is 27.8 Å². The van der Waals surface area contributed by atoms with E-state index in [2.05, 4.69) is 22.8 Å². The van der Waals surface area contributed by atoms with Gasteiger partial charge in [0.25, 0.3) is 5.91 Å². The van der Waals surface area contributed by atoms with E-state index >= 15 is 0 Å². The molecule has 0 atom stereocenters. The van der Waals surface area contributed by atoms with Crippen molar-refractivity contribution in [1.29, 1.82) is 0 Å². The van der Waals surface area contributed by atoms with E-state index in [-0.39, 0.29) is 0 Å². The number of carbonyl (C=O) groups is 1. The predicted molar refractivity (Wildman–Crippen MR) is 127 cm³/mol. The van der Waals surface area contributed by atoms with Gasteiger partial charge in [-0.2, -0.15) is 0 Å². The fourth-order valence-corrected chi connectivity index (χ4v) is 4.28. The van der Waals surface area contributed by atoms with Crippen molar-refractivity contribution in [3.05, 3.63) is 95.6 Å². The number of rotatable bonds is 8. The third-order valence-electron chi connectivity index (χ3n) is 5.00. The summed E-state index contributed by atoms with van der Waals surface area (Å²) in [6.07, 6.45) is 2.93. The van der Waals surface area contributed by atoms with Gasteiger partial charge >= 0.3 is 0 Å². The second-order valence-electron chi connectivity index (χ2n) is 7.16. The van der Waals surface area contributed by atoms with Crippen LogP contribution in [0.15, 0.2) is 84.0 Å². The molecule has 162 valence electrons. The molecule has 6 nitrogen and oxygen atoms in total. The molecule has 4 rings (SSSR count). The van der Waals surface area contributed by atoms with Gasteiger partial charge in [0.1, 0.15) is 5.75 Å². The van der Waals surface area contributed by atoms with E-state index < -0.39 is 5.91 Å². The Labute approximate surface area is 190 Å². The number of benzene rings is 3. The van der Waals surface area contributed by atoms with Crippen molar-refractivity contribution in [2.24, 2.45) is 0 Å². The van der Waals surface area contributed by atoms with Crippen LogP contribution in [0.4, 0.5) is 0 Å². The molecule has 0 saturated heterocycles. The van der Waals surface area contributed by atoms with Gasteiger partial charge in [0.2, 0.25) is 0 Å². The highest BCUT2D eigenvalue weighted by atomic mass is 32.2. The Bertz CT molecular complexity index is 1230. The van der Waals surface area contributed by atoms with E-state index in [1.54, 1.807) is 30.4 Å². The highest BCUT2D eigenvalue weighted by Crippen LogP contribution is 2.28. The highest BCUT2D eigenvalue weighted by Gasteiger charge is 2.12. The van der Waals surface area contributed by atoms with Crippen LogP contribution < -0.4 is 10.2 Å². The number of amides is 1. The number of imidazole rings is 1. The van der Waals surface area contributed by atoms with Crippen LogP contribution in [0.25, 0.3) is 17.1 Å². The quantitative estimate of drug-likeness (QED) is 0.175. The number of para-hydroxylation sites is 2. The Morgan fingerprint density at radius 3 is 2.50 bits per heavy atom. The topological polar surface area (TPSA) is 76.4 Å². The van der Waals surface area contributed by atoms with Crippen LogP contribution in [0.2, 0.25) is 0 Å². The fourth-order valence-electron chi connectivity index (χ4n) is 3.31. The summed E-state index contributed by atoms with van der Waals surface area (Å²) in [7, 11) is 1.67. The van der Waals surface area contributed by atoms with Crippen molar-refractivity contribution < 1.29 is 14.7 Å². The molecule has 0 spiro atoms. The van der Waals surface area contributed by atoms with Gasteiger partial charge in [0.05, 0.1) is 24.7 Å². The first-order valence-corrected chi connectivity index (χ1v) is 11.1. The summed E-state index contributed by atoms with van der Waals surface area (Å²) in [5.74, 6) is 1.06. The number of hydrogen-bond donors (Lipinski definition) is 2. The average Bonchev–Trinajstić information content (AvgIpc) is 3.19. The summed E-state index contributed by atoms with van der Waals surface area (Å²) < 4.78 is 7.51. The maximum atomic E-state index is 11.1. The lowest BCUT2D eigenvalue weighted by molar-refractivity contribution is -0.124. The van der Waals surface area contributed by atoms with Crippen molar-refractivity contribution in [2.75, 3.05) is 7.11 Å². The average molecular weight is 446 g/mol. The van der Waals surface area contributed by atoms with E-state index in [4.69, 9.17) is 14.9 Å². The Hall–Kier alpha value is -3.55. The molecule has 0 fully saturated rings. The summed E-state index contributed by atoms with van der Waals surface area (Å²) >= 11 is 1.69. The largest absolute Gasteiger partial charge is 0.497 e. The molecular weight excluding hydrogens is 422 g/mol. The van der Waals surface area contributed by atoms with E-state index in [9.17, 15) is 4.79 Å². The zero-order chi connectivity index (χ0) is 22.3. The summed E-state index contributed by atoms with van der Waals surface area (Å²) in [4.78, 5) is 16.0. The minimum Gasteiger partial charge on any atom is -0.497 e. The molecule has 0 aliphatic carbocycles. The van der Waals surface area contributed by atoms with Crippen molar-refractivity contribution in [3.8, 4) is 5.75 Å². The zero-order valence-electron chi connectivity index (χ0n) is 17.6. The molecule has 2 N–H and O–H groups in total. The van der Waals surface area contributed by atoms with Gasteiger partial charge in [-0.1, -0.05) is 60.3 Å². The zero-order valence-corrected chi connectivity index (χ0v) is 18.4. The first-order valence-electron chi connectivity index (χ1n) is 10.1. The molecule has 0 bridgehead atoms. The molecule has 1 aromatic heterocycles. The number of carbonyl (C=O) groups excluding carboxylic acids is 1. The molecule has 3 aromatic carbocycles. The van der Waals surface area contributed by atoms with Gasteiger partial charge in [-0.15, -0.1) is 0 Å². The number of aromatic nitrogens is 2. The molecule has 1 amide bonds. The van der Waals surface area contributed by atoms with Crippen LogP contribution in [-0.2, 0) is 17.1 Å². The number of nitrogens with zero attached hydrogens (tertiary/aromatic N) is 2. The molecule has 32 heavy (non-hydrogen) atoms. The number of methoxy groups -OCH3 is 1. The van der Waals surface area contributed by atoms with Crippen molar-refractivity contribution in [1.82, 2.24) is 15.0 Å². The molecule has 7 heteroatoms. The van der Waals surface area contributed by atoms with Gasteiger partial charge in [0, 0.05) is 11.8 Å². The van der Waals surface area contributed by atoms with Gasteiger partial charge in [-0.05, 0) is 47.0 Å². The lowest BCUT2D eigenvalue weighted by atomic mass is 10.1. The second kappa shape index (κ2) is 10.2. The lowest BCUT2D eigenvalue weighted by Crippen LogP contribution is -2.14. The third kappa shape index (κ3) is 5.19. The Morgan fingerprint density at radius 2 is 1.78 bits per heavy atom. The second-order valence-corrected chi connectivity index (χ2v) is 8.10. The normalized spacial score (nSPS) is 11.2.